The molecule has 1 heterocycles. The van der Waals surface area contributed by atoms with Gasteiger partial charge in [-0.05, 0) is 25.5 Å². The van der Waals surface area contributed by atoms with Crippen LogP contribution in [0.3, 0.4) is 0 Å². The first-order chi connectivity index (χ1) is 12.5. The summed E-state index contributed by atoms with van der Waals surface area (Å²) in [4.78, 5) is 39.4. The lowest BCUT2D eigenvalue weighted by Crippen LogP contribution is -2.45. The van der Waals surface area contributed by atoms with Crippen LogP contribution in [0.4, 0.5) is 0 Å². The molecule has 2 amide bonds. The van der Waals surface area contributed by atoms with Crippen LogP contribution in [0.1, 0.15) is 46.0 Å². The van der Waals surface area contributed by atoms with Crippen molar-refractivity contribution in [3.05, 3.63) is 65.2 Å². The second-order valence-corrected chi connectivity index (χ2v) is 6.41. The van der Waals surface area contributed by atoms with Gasteiger partial charge in [0.05, 0.1) is 12.1 Å². The second kappa shape index (κ2) is 7.52. The Labute approximate surface area is 152 Å². The molecule has 134 valence electrons. The van der Waals surface area contributed by atoms with E-state index in [-0.39, 0.29) is 12.3 Å². The molecule has 0 bridgehead atoms. The lowest BCUT2D eigenvalue weighted by Gasteiger charge is -2.21. The van der Waals surface area contributed by atoms with Gasteiger partial charge in [0.1, 0.15) is 5.75 Å². The number of hydrogen-bond acceptors (Lipinski definition) is 4. The highest BCUT2D eigenvalue weighted by Crippen LogP contribution is 2.27. The van der Waals surface area contributed by atoms with E-state index in [1.165, 1.54) is 0 Å². The van der Waals surface area contributed by atoms with Crippen molar-refractivity contribution in [3.63, 3.8) is 0 Å². The molecular formula is C21H21NO4. The lowest BCUT2D eigenvalue weighted by atomic mass is 10.1. The van der Waals surface area contributed by atoms with Crippen molar-refractivity contribution in [3.8, 4) is 5.75 Å². The molecule has 0 saturated heterocycles. The summed E-state index contributed by atoms with van der Waals surface area (Å²) in [7, 11) is 0. The standard InChI is InChI=1S/C21H21NO4/c1-3-6-19-21(25)22(13-17(23)15-11-9-14(2)10-12-15)20(24)16-7-4-5-8-18(16)26-19/h4-5,7-12,19H,3,6,13H2,1-2H3. The molecule has 0 fully saturated rings. The molecule has 1 atom stereocenters. The molecule has 5 heteroatoms. The van der Waals surface area contributed by atoms with Gasteiger partial charge in [-0.25, -0.2) is 0 Å². The zero-order valence-corrected chi connectivity index (χ0v) is 14.9. The van der Waals surface area contributed by atoms with Gasteiger partial charge in [0.15, 0.2) is 11.9 Å². The molecule has 0 N–H and O–H groups in total. The Bertz CT molecular complexity index is 841. The third-order valence-corrected chi connectivity index (χ3v) is 4.40. The van der Waals surface area contributed by atoms with E-state index in [4.69, 9.17) is 4.74 Å². The molecule has 2 aromatic rings. The van der Waals surface area contributed by atoms with Crippen molar-refractivity contribution >= 4 is 17.6 Å². The fraction of sp³-hybridized carbons (Fsp3) is 0.286. The first-order valence-corrected chi connectivity index (χ1v) is 8.72. The number of aryl methyl sites for hydroxylation is 1. The van der Waals surface area contributed by atoms with E-state index in [1.54, 1.807) is 36.4 Å². The molecule has 1 aliphatic heterocycles. The van der Waals surface area contributed by atoms with Gasteiger partial charge < -0.3 is 4.74 Å². The van der Waals surface area contributed by atoms with Crippen LogP contribution in [-0.2, 0) is 4.79 Å². The first-order valence-electron chi connectivity index (χ1n) is 8.72. The number of nitrogens with zero attached hydrogens (tertiary/aromatic N) is 1. The van der Waals surface area contributed by atoms with Crippen molar-refractivity contribution in [2.75, 3.05) is 6.54 Å². The molecule has 0 aromatic heterocycles. The van der Waals surface area contributed by atoms with Crippen molar-refractivity contribution < 1.29 is 19.1 Å². The van der Waals surface area contributed by atoms with E-state index in [1.807, 2.05) is 26.0 Å². The number of carbonyl (C=O) groups excluding carboxylic acids is 3. The number of rotatable bonds is 5. The molecule has 0 saturated carbocycles. The maximum absolute atomic E-state index is 12.9. The van der Waals surface area contributed by atoms with Crippen LogP contribution in [0.25, 0.3) is 0 Å². The van der Waals surface area contributed by atoms with Crippen molar-refractivity contribution in [2.45, 2.75) is 32.8 Å². The Hall–Kier alpha value is -2.95. The number of Topliss-reactive ketones (excluding diaryl/α,β-unsaturated/α-hetero) is 1. The van der Waals surface area contributed by atoms with Gasteiger partial charge in [0.2, 0.25) is 0 Å². The van der Waals surface area contributed by atoms with E-state index in [0.29, 0.717) is 23.3 Å². The van der Waals surface area contributed by atoms with Crippen molar-refractivity contribution in [1.29, 1.82) is 0 Å². The quantitative estimate of drug-likeness (QED) is 0.612. The SMILES string of the molecule is CCCC1Oc2ccccc2C(=O)N(CC(=O)c2ccc(C)cc2)C1=O. The number of fused-ring (bicyclic) bond motifs is 1. The highest BCUT2D eigenvalue weighted by Gasteiger charge is 2.36. The Morgan fingerprint density at radius 2 is 1.77 bits per heavy atom. The van der Waals surface area contributed by atoms with E-state index in [9.17, 15) is 14.4 Å². The molecular weight excluding hydrogens is 330 g/mol. The van der Waals surface area contributed by atoms with Gasteiger partial charge in [-0.3, -0.25) is 19.3 Å². The smallest absolute Gasteiger partial charge is 0.270 e. The largest absolute Gasteiger partial charge is 0.480 e. The number of amides is 2. The van der Waals surface area contributed by atoms with E-state index in [2.05, 4.69) is 0 Å². The van der Waals surface area contributed by atoms with Crippen LogP contribution in [-0.4, -0.2) is 35.1 Å². The summed E-state index contributed by atoms with van der Waals surface area (Å²) in [6.07, 6.45) is 0.445. The Morgan fingerprint density at radius 3 is 2.46 bits per heavy atom. The Kier molecular flexibility index (Phi) is 5.16. The monoisotopic (exact) mass is 351 g/mol. The van der Waals surface area contributed by atoms with Crippen LogP contribution < -0.4 is 4.74 Å². The molecule has 0 radical (unpaired) electrons. The summed E-state index contributed by atoms with van der Waals surface area (Å²) < 4.78 is 5.79. The predicted molar refractivity (Wildman–Crippen MR) is 97.3 cm³/mol. The van der Waals surface area contributed by atoms with Gasteiger partial charge in [-0.15, -0.1) is 0 Å². The van der Waals surface area contributed by atoms with Gasteiger partial charge in [-0.2, -0.15) is 0 Å². The molecule has 0 spiro atoms. The molecule has 1 unspecified atom stereocenters. The summed E-state index contributed by atoms with van der Waals surface area (Å²) in [6.45, 7) is 3.58. The zero-order chi connectivity index (χ0) is 18.7. The average molecular weight is 351 g/mol. The minimum atomic E-state index is -0.765. The normalized spacial score (nSPS) is 16.7. The lowest BCUT2D eigenvalue weighted by molar-refractivity contribution is -0.135. The van der Waals surface area contributed by atoms with E-state index in [0.717, 1.165) is 16.9 Å². The zero-order valence-electron chi connectivity index (χ0n) is 14.9. The Balaban J connectivity index is 1.92. The predicted octanol–water partition coefficient (Wildman–Crippen LogP) is 3.41. The van der Waals surface area contributed by atoms with Crippen molar-refractivity contribution in [2.24, 2.45) is 0 Å². The molecule has 2 aromatic carbocycles. The Morgan fingerprint density at radius 1 is 1.08 bits per heavy atom. The maximum Gasteiger partial charge on any atom is 0.270 e. The van der Waals surface area contributed by atoms with Crippen LogP contribution in [0.5, 0.6) is 5.75 Å². The highest BCUT2D eigenvalue weighted by molar-refractivity contribution is 6.12. The highest BCUT2D eigenvalue weighted by atomic mass is 16.5. The number of hydrogen-bond donors (Lipinski definition) is 0. The van der Waals surface area contributed by atoms with Crippen LogP contribution in [0, 0.1) is 6.92 Å². The minimum absolute atomic E-state index is 0.277. The summed E-state index contributed by atoms with van der Waals surface area (Å²) in [5.41, 5.74) is 1.81. The molecule has 1 aliphatic rings. The molecule has 3 rings (SSSR count). The fourth-order valence-electron chi connectivity index (χ4n) is 2.94. The molecule has 0 aliphatic carbocycles. The topological polar surface area (TPSA) is 63.7 Å². The summed E-state index contributed by atoms with van der Waals surface area (Å²) >= 11 is 0. The maximum atomic E-state index is 12.9. The van der Waals surface area contributed by atoms with Crippen LogP contribution in [0.2, 0.25) is 0 Å². The van der Waals surface area contributed by atoms with Gasteiger partial charge >= 0.3 is 0 Å². The molecule has 26 heavy (non-hydrogen) atoms. The average Bonchev–Trinajstić information content (AvgIpc) is 2.74. The van der Waals surface area contributed by atoms with E-state index >= 15 is 0 Å². The molecule has 5 nitrogen and oxygen atoms in total. The van der Waals surface area contributed by atoms with Gasteiger partial charge in [-0.1, -0.05) is 55.3 Å². The van der Waals surface area contributed by atoms with Gasteiger partial charge in [0, 0.05) is 5.56 Å². The number of ether oxygens (including phenoxy) is 1. The number of carbonyl (C=O) groups is 3. The van der Waals surface area contributed by atoms with Crippen LogP contribution >= 0.6 is 0 Å². The first kappa shape index (κ1) is 17.9. The minimum Gasteiger partial charge on any atom is -0.480 e. The summed E-state index contributed by atoms with van der Waals surface area (Å²) in [5.74, 6) is -0.853. The number of ketones is 1. The number of benzene rings is 2. The van der Waals surface area contributed by atoms with Gasteiger partial charge in [0.25, 0.3) is 11.8 Å². The number of para-hydroxylation sites is 1. The second-order valence-electron chi connectivity index (χ2n) is 6.41. The third kappa shape index (κ3) is 3.52. The summed E-state index contributed by atoms with van der Waals surface area (Å²) in [5, 5.41) is 0. The fourth-order valence-corrected chi connectivity index (χ4v) is 2.94. The third-order valence-electron chi connectivity index (χ3n) is 4.40. The van der Waals surface area contributed by atoms with E-state index < -0.39 is 17.9 Å². The van der Waals surface area contributed by atoms with Crippen LogP contribution in [0.15, 0.2) is 48.5 Å². The van der Waals surface area contributed by atoms with Crippen molar-refractivity contribution in [1.82, 2.24) is 4.90 Å². The number of imide groups is 1. The summed E-state index contributed by atoms with van der Waals surface area (Å²) in [6, 6.07) is 13.8.